The highest BCUT2D eigenvalue weighted by Crippen LogP contribution is 2.73. The molecule has 2 saturated carbocycles. The summed E-state index contributed by atoms with van der Waals surface area (Å²) in [6, 6.07) is 0. The molecular weight excluding hydrogens is 417 g/mol. The summed E-state index contributed by atoms with van der Waals surface area (Å²) in [4.78, 5) is 24.9. The quantitative estimate of drug-likeness (QED) is 0.535. The van der Waals surface area contributed by atoms with Gasteiger partial charge in [-0.25, -0.2) is 4.39 Å². The molecule has 0 aliphatic heterocycles. The van der Waals surface area contributed by atoms with E-state index in [0.29, 0.717) is 25.1 Å². The summed E-state index contributed by atoms with van der Waals surface area (Å²) in [5.74, 6) is 0.177. The van der Waals surface area contributed by atoms with Crippen molar-refractivity contribution in [2.75, 3.05) is 6.54 Å². The molecule has 0 aromatic heterocycles. The second-order valence-corrected chi connectivity index (χ2v) is 11.7. The Hall–Kier alpha value is -1.91. The van der Waals surface area contributed by atoms with E-state index >= 15 is 4.39 Å². The molecule has 0 heterocycles. The van der Waals surface area contributed by atoms with E-state index in [2.05, 4.69) is 39.1 Å². The zero-order valence-electron chi connectivity index (χ0n) is 21.3. The molecule has 2 unspecified atom stereocenters. The standard InChI is InChI=1S/C28H40FNO3/c1-8-13-30-24(32)27(7)17(2)14-23-22-10-9-20-15-21(33-19(4)31)11-12-25(20,5)28(22,29)18(3)16-26(23,27)6/h9,11-12,15,17-18,22-23H,8,10,13-14,16H2,1-7H3,(H,30,32)/t17-,18+,22?,23?,25+,26+,27-,28-/m1/s1. The first-order valence-corrected chi connectivity index (χ1v) is 12.6. The van der Waals surface area contributed by atoms with Crippen molar-refractivity contribution >= 4 is 11.9 Å². The molecule has 0 radical (unpaired) electrons. The molecule has 4 aliphatic carbocycles. The first kappa shape index (κ1) is 24.2. The third-order valence-electron chi connectivity index (χ3n) is 10.2. The first-order valence-electron chi connectivity index (χ1n) is 12.6. The molecule has 8 atom stereocenters. The van der Waals surface area contributed by atoms with Gasteiger partial charge in [-0.05, 0) is 80.4 Å². The fourth-order valence-electron chi connectivity index (χ4n) is 8.18. The maximum atomic E-state index is 17.6. The minimum Gasteiger partial charge on any atom is -0.427 e. The topological polar surface area (TPSA) is 55.4 Å². The molecule has 0 aromatic rings. The lowest BCUT2D eigenvalue weighted by Crippen LogP contribution is -2.65. The van der Waals surface area contributed by atoms with Crippen LogP contribution in [0.5, 0.6) is 0 Å². The van der Waals surface area contributed by atoms with Crippen LogP contribution in [0.15, 0.2) is 35.6 Å². The Morgan fingerprint density at radius 3 is 2.52 bits per heavy atom. The summed E-state index contributed by atoms with van der Waals surface area (Å²) in [6.45, 7) is 14.7. The monoisotopic (exact) mass is 457 g/mol. The molecule has 0 saturated heterocycles. The number of hydrogen-bond donors (Lipinski definition) is 1. The van der Waals surface area contributed by atoms with E-state index in [1.807, 2.05) is 26.0 Å². The van der Waals surface area contributed by atoms with Crippen LogP contribution in [0.25, 0.3) is 0 Å². The van der Waals surface area contributed by atoms with Gasteiger partial charge in [0.1, 0.15) is 11.4 Å². The van der Waals surface area contributed by atoms with E-state index in [4.69, 9.17) is 4.74 Å². The number of fused-ring (bicyclic) bond motifs is 5. The Morgan fingerprint density at radius 2 is 1.88 bits per heavy atom. The van der Waals surface area contributed by atoms with Crippen LogP contribution in [0.2, 0.25) is 0 Å². The van der Waals surface area contributed by atoms with Gasteiger partial charge in [-0.3, -0.25) is 9.59 Å². The van der Waals surface area contributed by atoms with Crippen LogP contribution in [0.1, 0.15) is 74.1 Å². The SMILES string of the molecule is CCCNC(=O)[C@@]1(C)[C@H](C)CC2C3CC=C4C=C(OC(C)=O)C=C[C@]4(C)[C@@]3(F)[C@@H](C)C[C@@]21C. The first-order chi connectivity index (χ1) is 15.4. The van der Waals surface area contributed by atoms with Gasteiger partial charge >= 0.3 is 5.97 Å². The normalized spacial score (nSPS) is 45.8. The highest BCUT2D eigenvalue weighted by Gasteiger charge is 2.73. The maximum Gasteiger partial charge on any atom is 0.308 e. The third kappa shape index (κ3) is 3.06. The van der Waals surface area contributed by atoms with Crippen molar-refractivity contribution in [3.05, 3.63) is 35.6 Å². The van der Waals surface area contributed by atoms with E-state index in [-0.39, 0.29) is 41.0 Å². The molecule has 2 fully saturated rings. The van der Waals surface area contributed by atoms with Crippen molar-refractivity contribution < 1.29 is 18.7 Å². The number of esters is 1. The van der Waals surface area contributed by atoms with Gasteiger partial charge in [-0.2, -0.15) is 0 Å². The molecule has 1 N–H and O–H groups in total. The smallest absolute Gasteiger partial charge is 0.308 e. The average Bonchev–Trinajstić information content (AvgIpc) is 2.94. The Labute approximate surface area is 198 Å². The molecule has 4 aliphatic rings. The molecule has 4 nitrogen and oxygen atoms in total. The summed E-state index contributed by atoms with van der Waals surface area (Å²) in [6.07, 6.45) is 10.7. The van der Waals surface area contributed by atoms with Gasteiger partial charge in [-0.1, -0.05) is 39.8 Å². The molecular formula is C28H40FNO3. The molecule has 4 rings (SSSR count). The zero-order valence-corrected chi connectivity index (χ0v) is 21.3. The van der Waals surface area contributed by atoms with Crippen LogP contribution in [-0.4, -0.2) is 24.1 Å². The minimum absolute atomic E-state index is 0.130. The largest absolute Gasteiger partial charge is 0.427 e. The van der Waals surface area contributed by atoms with Gasteiger partial charge in [0.05, 0.1) is 5.41 Å². The van der Waals surface area contributed by atoms with Crippen molar-refractivity contribution in [3.63, 3.8) is 0 Å². The van der Waals surface area contributed by atoms with Crippen molar-refractivity contribution in [2.24, 2.45) is 39.9 Å². The van der Waals surface area contributed by atoms with Gasteiger partial charge in [-0.15, -0.1) is 0 Å². The van der Waals surface area contributed by atoms with Crippen LogP contribution in [-0.2, 0) is 14.3 Å². The molecule has 5 heteroatoms. The Bertz CT molecular complexity index is 953. The number of halogens is 1. The summed E-state index contributed by atoms with van der Waals surface area (Å²) >= 11 is 0. The van der Waals surface area contributed by atoms with Gasteiger partial charge in [0.15, 0.2) is 0 Å². The zero-order chi connectivity index (χ0) is 24.4. The second-order valence-electron chi connectivity index (χ2n) is 11.7. The number of carbonyl (C=O) groups excluding carboxylic acids is 2. The summed E-state index contributed by atoms with van der Waals surface area (Å²) in [5, 5.41) is 3.17. The van der Waals surface area contributed by atoms with E-state index < -0.39 is 16.5 Å². The molecule has 1 amide bonds. The number of alkyl halides is 1. The predicted molar refractivity (Wildman–Crippen MR) is 128 cm³/mol. The molecule has 0 aromatic carbocycles. The predicted octanol–water partition coefficient (Wildman–Crippen LogP) is 5.90. The van der Waals surface area contributed by atoms with Gasteiger partial charge in [0.2, 0.25) is 5.91 Å². The molecule has 0 bridgehead atoms. The maximum absolute atomic E-state index is 17.6. The number of rotatable bonds is 4. The summed E-state index contributed by atoms with van der Waals surface area (Å²) in [7, 11) is 0. The fourth-order valence-corrected chi connectivity index (χ4v) is 8.18. The van der Waals surface area contributed by atoms with Crippen LogP contribution < -0.4 is 5.32 Å². The highest BCUT2D eigenvalue weighted by molar-refractivity contribution is 5.84. The molecule has 182 valence electrons. The number of allylic oxidation sites excluding steroid dienone is 5. The molecule has 33 heavy (non-hydrogen) atoms. The molecule has 0 spiro atoms. The Kier molecular flexibility index (Phi) is 5.73. The Balaban J connectivity index is 1.75. The van der Waals surface area contributed by atoms with Gasteiger partial charge in [0, 0.05) is 24.8 Å². The number of carbonyl (C=O) groups is 2. The van der Waals surface area contributed by atoms with Crippen LogP contribution in [0.3, 0.4) is 0 Å². The second kappa shape index (κ2) is 7.81. The van der Waals surface area contributed by atoms with E-state index in [0.717, 1.165) is 18.4 Å². The van der Waals surface area contributed by atoms with E-state index in [1.54, 1.807) is 6.08 Å². The van der Waals surface area contributed by atoms with E-state index in [9.17, 15) is 9.59 Å². The highest BCUT2D eigenvalue weighted by atomic mass is 19.1. The van der Waals surface area contributed by atoms with Crippen molar-refractivity contribution in [1.82, 2.24) is 5.32 Å². The minimum atomic E-state index is -1.43. The van der Waals surface area contributed by atoms with Crippen molar-refractivity contribution in [1.29, 1.82) is 0 Å². The van der Waals surface area contributed by atoms with E-state index in [1.165, 1.54) is 6.92 Å². The Morgan fingerprint density at radius 1 is 1.18 bits per heavy atom. The fraction of sp³-hybridized carbons (Fsp3) is 0.714. The van der Waals surface area contributed by atoms with Crippen LogP contribution in [0, 0.1) is 39.9 Å². The average molecular weight is 458 g/mol. The van der Waals surface area contributed by atoms with Crippen molar-refractivity contribution in [2.45, 2.75) is 79.8 Å². The lowest BCUT2D eigenvalue weighted by molar-refractivity contribution is -0.172. The van der Waals surface area contributed by atoms with Crippen molar-refractivity contribution in [3.8, 4) is 0 Å². The summed E-state index contributed by atoms with van der Waals surface area (Å²) in [5.41, 5.74) is -2.10. The summed E-state index contributed by atoms with van der Waals surface area (Å²) < 4.78 is 22.9. The van der Waals surface area contributed by atoms with Gasteiger partial charge < -0.3 is 10.1 Å². The lowest BCUT2D eigenvalue weighted by atomic mass is 9.43. The van der Waals surface area contributed by atoms with Gasteiger partial charge in [0.25, 0.3) is 0 Å². The number of ether oxygens (including phenoxy) is 1. The number of nitrogens with one attached hydrogen (secondary N) is 1. The van der Waals surface area contributed by atoms with Crippen LogP contribution in [0.4, 0.5) is 4.39 Å². The third-order valence-corrected chi connectivity index (χ3v) is 10.2. The lowest BCUT2D eigenvalue weighted by Gasteiger charge is -2.63. The number of amides is 1. The van der Waals surface area contributed by atoms with Crippen LogP contribution >= 0.6 is 0 Å². The number of hydrogen-bond acceptors (Lipinski definition) is 3.